The molecule has 4 heteroatoms. The first-order chi connectivity index (χ1) is 10.5. The van der Waals surface area contributed by atoms with Crippen molar-refractivity contribution in [3.05, 3.63) is 71.3 Å². The van der Waals surface area contributed by atoms with Gasteiger partial charge in [-0.25, -0.2) is 4.79 Å². The van der Waals surface area contributed by atoms with E-state index in [1.807, 2.05) is 43.3 Å². The monoisotopic (exact) mass is 299 g/mol. The minimum Gasteiger partial charge on any atom is -0.478 e. The van der Waals surface area contributed by atoms with Crippen molar-refractivity contribution in [1.29, 1.82) is 0 Å². The second-order valence-corrected chi connectivity index (χ2v) is 5.41. The Morgan fingerprint density at radius 2 is 1.91 bits per heavy atom. The molecule has 0 radical (unpaired) electrons. The Morgan fingerprint density at radius 1 is 1.18 bits per heavy atom. The fourth-order valence-electron chi connectivity index (χ4n) is 2.34. The van der Waals surface area contributed by atoms with Crippen LogP contribution in [0.1, 0.15) is 28.4 Å². The van der Waals surface area contributed by atoms with Crippen LogP contribution in [0.5, 0.6) is 0 Å². The Kier molecular flexibility index (Phi) is 5.31. The molecule has 0 spiro atoms. The maximum Gasteiger partial charge on any atom is 0.335 e. The molecular weight excluding hydrogens is 278 g/mol. The van der Waals surface area contributed by atoms with Gasteiger partial charge in [-0.2, -0.15) is 0 Å². The molecule has 0 heterocycles. The summed E-state index contributed by atoms with van der Waals surface area (Å²) in [6.45, 7) is 3.25. The van der Waals surface area contributed by atoms with Crippen LogP contribution in [0.4, 0.5) is 0 Å². The van der Waals surface area contributed by atoms with E-state index in [1.54, 1.807) is 25.3 Å². The summed E-state index contributed by atoms with van der Waals surface area (Å²) in [5.74, 6) is -0.909. The molecule has 0 saturated heterocycles. The van der Waals surface area contributed by atoms with E-state index in [0.29, 0.717) is 18.7 Å². The summed E-state index contributed by atoms with van der Waals surface area (Å²) < 4.78 is 5.67. The van der Waals surface area contributed by atoms with E-state index in [9.17, 15) is 4.79 Å². The zero-order chi connectivity index (χ0) is 16.0. The Hall–Kier alpha value is -2.17. The van der Waals surface area contributed by atoms with E-state index in [1.165, 1.54) is 0 Å². The summed E-state index contributed by atoms with van der Waals surface area (Å²) in [6.07, 6.45) is 0. The quantitative estimate of drug-likeness (QED) is 0.825. The Balaban J connectivity index is 2.00. The number of hydrogen-bond donors (Lipinski definition) is 2. The van der Waals surface area contributed by atoms with E-state index < -0.39 is 11.6 Å². The fourth-order valence-corrected chi connectivity index (χ4v) is 2.34. The van der Waals surface area contributed by atoms with Gasteiger partial charge in [0.25, 0.3) is 0 Å². The van der Waals surface area contributed by atoms with Gasteiger partial charge in [-0.05, 0) is 30.2 Å². The van der Waals surface area contributed by atoms with Crippen molar-refractivity contribution in [1.82, 2.24) is 5.32 Å². The molecule has 0 aliphatic rings. The molecule has 0 bridgehead atoms. The van der Waals surface area contributed by atoms with Gasteiger partial charge in [0.2, 0.25) is 0 Å². The van der Waals surface area contributed by atoms with Gasteiger partial charge in [-0.3, -0.25) is 0 Å². The molecule has 1 unspecified atom stereocenters. The van der Waals surface area contributed by atoms with Gasteiger partial charge in [-0.1, -0.05) is 42.5 Å². The average molecular weight is 299 g/mol. The Bertz CT molecular complexity index is 627. The highest BCUT2D eigenvalue weighted by Gasteiger charge is 2.25. The van der Waals surface area contributed by atoms with Gasteiger partial charge in [0.15, 0.2) is 0 Å². The van der Waals surface area contributed by atoms with Gasteiger partial charge in [0, 0.05) is 20.2 Å². The van der Waals surface area contributed by atoms with Crippen molar-refractivity contribution < 1.29 is 14.6 Å². The highest BCUT2D eigenvalue weighted by molar-refractivity contribution is 5.87. The molecule has 0 amide bonds. The lowest BCUT2D eigenvalue weighted by Gasteiger charge is -2.29. The maximum absolute atomic E-state index is 11.0. The van der Waals surface area contributed by atoms with E-state index >= 15 is 0 Å². The molecule has 1 atom stereocenters. The van der Waals surface area contributed by atoms with Crippen LogP contribution in [0.25, 0.3) is 0 Å². The smallest absolute Gasteiger partial charge is 0.335 e. The van der Waals surface area contributed by atoms with Crippen molar-refractivity contribution in [2.45, 2.75) is 19.1 Å². The molecule has 0 aromatic heterocycles. The zero-order valence-electron chi connectivity index (χ0n) is 12.9. The lowest BCUT2D eigenvalue weighted by atomic mass is 9.95. The third kappa shape index (κ3) is 3.93. The summed E-state index contributed by atoms with van der Waals surface area (Å²) in [5.41, 5.74) is 1.92. The predicted octanol–water partition coefficient (Wildman–Crippen LogP) is 3.04. The van der Waals surface area contributed by atoms with Crippen LogP contribution in [-0.2, 0) is 16.9 Å². The Morgan fingerprint density at radius 3 is 2.55 bits per heavy atom. The number of methoxy groups -OCH3 is 1. The van der Waals surface area contributed by atoms with Crippen LogP contribution in [0, 0.1) is 0 Å². The van der Waals surface area contributed by atoms with Crippen LogP contribution in [0.2, 0.25) is 0 Å². The van der Waals surface area contributed by atoms with E-state index in [-0.39, 0.29) is 0 Å². The number of rotatable bonds is 7. The summed E-state index contributed by atoms with van der Waals surface area (Å²) in [7, 11) is 1.69. The van der Waals surface area contributed by atoms with E-state index in [4.69, 9.17) is 9.84 Å². The van der Waals surface area contributed by atoms with Gasteiger partial charge in [0.1, 0.15) is 5.60 Å². The van der Waals surface area contributed by atoms with Crippen molar-refractivity contribution in [2.75, 3.05) is 13.7 Å². The molecule has 2 aromatic rings. The molecule has 2 rings (SSSR count). The number of aromatic carboxylic acids is 1. The zero-order valence-corrected chi connectivity index (χ0v) is 12.9. The van der Waals surface area contributed by atoms with Crippen molar-refractivity contribution >= 4 is 5.97 Å². The Labute approximate surface area is 130 Å². The second kappa shape index (κ2) is 7.20. The molecule has 2 N–H and O–H groups in total. The normalized spacial score (nSPS) is 13.5. The summed E-state index contributed by atoms with van der Waals surface area (Å²) >= 11 is 0. The molecule has 0 saturated carbocycles. The highest BCUT2D eigenvalue weighted by atomic mass is 16.5. The minimum absolute atomic E-state index is 0.303. The predicted molar refractivity (Wildman–Crippen MR) is 85.9 cm³/mol. The van der Waals surface area contributed by atoms with Gasteiger partial charge in [0.05, 0.1) is 5.56 Å². The van der Waals surface area contributed by atoms with Crippen molar-refractivity contribution in [3.8, 4) is 0 Å². The average Bonchev–Trinajstić information content (AvgIpc) is 2.55. The van der Waals surface area contributed by atoms with Crippen molar-refractivity contribution in [2.24, 2.45) is 0 Å². The van der Waals surface area contributed by atoms with Gasteiger partial charge < -0.3 is 15.2 Å². The molecule has 0 aliphatic heterocycles. The van der Waals surface area contributed by atoms with Crippen molar-refractivity contribution in [3.63, 3.8) is 0 Å². The minimum atomic E-state index is -0.909. The molecule has 2 aromatic carbocycles. The van der Waals surface area contributed by atoms with E-state index in [2.05, 4.69) is 5.32 Å². The summed E-state index contributed by atoms with van der Waals surface area (Å²) in [5, 5.41) is 12.4. The molecule has 0 fully saturated rings. The maximum atomic E-state index is 11.0. The SMILES string of the molecule is COC(C)(CNCc1cccc(C(=O)O)c1)c1ccccc1. The standard InChI is InChI=1S/C18H21NO3/c1-18(22-2,16-9-4-3-5-10-16)13-19-12-14-7-6-8-15(11-14)17(20)21/h3-11,19H,12-13H2,1-2H3,(H,20,21). The number of ether oxygens (including phenoxy) is 1. The lowest BCUT2D eigenvalue weighted by Crippen LogP contribution is -2.37. The lowest BCUT2D eigenvalue weighted by molar-refractivity contribution is 0.00244. The summed E-state index contributed by atoms with van der Waals surface area (Å²) in [6, 6.07) is 17.0. The largest absolute Gasteiger partial charge is 0.478 e. The third-order valence-electron chi connectivity index (χ3n) is 3.80. The summed E-state index contributed by atoms with van der Waals surface area (Å²) in [4.78, 5) is 11.0. The van der Waals surface area contributed by atoms with Gasteiger partial charge in [-0.15, -0.1) is 0 Å². The highest BCUT2D eigenvalue weighted by Crippen LogP contribution is 2.23. The molecule has 116 valence electrons. The molecular formula is C18H21NO3. The van der Waals surface area contributed by atoms with Crippen LogP contribution in [0.3, 0.4) is 0 Å². The van der Waals surface area contributed by atoms with Crippen LogP contribution in [0.15, 0.2) is 54.6 Å². The number of benzene rings is 2. The topological polar surface area (TPSA) is 58.6 Å². The first-order valence-corrected chi connectivity index (χ1v) is 7.19. The number of carboxylic acids is 1. The molecule has 4 nitrogen and oxygen atoms in total. The fraction of sp³-hybridized carbons (Fsp3) is 0.278. The first-order valence-electron chi connectivity index (χ1n) is 7.19. The number of nitrogens with one attached hydrogen (secondary N) is 1. The van der Waals surface area contributed by atoms with E-state index in [0.717, 1.165) is 11.1 Å². The second-order valence-electron chi connectivity index (χ2n) is 5.41. The molecule has 22 heavy (non-hydrogen) atoms. The number of hydrogen-bond acceptors (Lipinski definition) is 3. The molecule has 0 aliphatic carbocycles. The van der Waals surface area contributed by atoms with Crippen LogP contribution < -0.4 is 5.32 Å². The van der Waals surface area contributed by atoms with Gasteiger partial charge >= 0.3 is 5.97 Å². The number of carbonyl (C=O) groups is 1. The number of carboxylic acid groups (broad SMARTS) is 1. The van der Waals surface area contributed by atoms with Crippen LogP contribution >= 0.6 is 0 Å². The first kappa shape index (κ1) is 16.2. The van der Waals surface area contributed by atoms with Crippen LogP contribution in [-0.4, -0.2) is 24.7 Å². The third-order valence-corrected chi connectivity index (χ3v) is 3.80.